The molecule has 4 aliphatic rings. The lowest BCUT2D eigenvalue weighted by Crippen LogP contribution is -2.56. The van der Waals surface area contributed by atoms with Crippen molar-refractivity contribution in [3.8, 4) is 11.5 Å². The van der Waals surface area contributed by atoms with Crippen molar-refractivity contribution in [3.05, 3.63) is 24.3 Å². The molecule has 142 valence electrons. The number of carbonyl (C=O) groups is 1. The van der Waals surface area contributed by atoms with Crippen LogP contribution in [0, 0.1) is 23.2 Å². The predicted molar refractivity (Wildman–Crippen MR) is 101 cm³/mol. The van der Waals surface area contributed by atoms with E-state index in [1.807, 2.05) is 31.2 Å². The van der Waals surface area contributed by atoms with Crippen LogP contribution in [0.2, 0.25) is 0 Å². The fourth-order valence-electron chi connectivity index (χ4n) is 6.13. The van der Waals surface area contributed by atoms with Gasteiger partial charge in [-0.15, -0.1) is 0 Å². The van der Waals surface area contributed by atoms with Gasteiger partial charge in [-0.05, 0) is 87.7 Å². The van der Waals surface area contributed by atoms with Crippen molar-refractivity contribution >= 4 is 5.91 Å². The van der Waals surface area contributed by atoms with E-state index in [0.29, 0.717) is 23.5 Å². The number of hydrogen-bond acceptors (Lipinski definition) is 3. The number of rotatable bonds is 7. The Balaban J connectivity index is 1.34. The Morgan fingerprint density at radius 1 is 1.08 bits per heavy atom. The van der Waals surface area contributed by atoms with Crippen LogP contribution in [-0.2, 0) is 4.79 Å². The molecule has 0 aromatic heterocycles. The molecule has 0 aliphatic heterocycles. The van der Waals surface area contributed by atoms with Gasteiger partial charge in [0.15, 0.2) is 18.1 Å². The fourth-order valence-corrected chi connectivity index (χ4v) is 6.13. The lowest BCUT2D eigenvalue weighted by Gasteiger charge is -2.59. The van der Waals surface area contributed by atoms with Crippen molar-refractivity contribution in [1.82, 2.24) is 5.32 Å². The van der Waals surface area contributed by atoms with E-state index in [0.717, 1.165) is 17.8 Å². The number of carbonyl (C=O) groups excluding carboxylic acids is 1. The van der Waals surface area contributed by atoms with E-state index in [4.69, 9.17) is 9.47 Å². The number of hydrogen-bond donors (Lipinski definition) is 1. The zero-order chi connectivity index (χ0) is 18.1. The molecule has 0 spiro atoms. The molecule has 1 aromatic rings. The van der Waals surface area contributed by atoms with Gasteiger partial charge in [0.2, 0.25) is 0 Å². The summed E-state index contributed by atoms with van der Waals surface area (Å²) in [7, 11) is 0. The first-order chi connectivity index (χ1) is 12.6. The molecule has 4 heteroatoms. The van der Waals surface area contributed by atoms with Crippen LogP contribution < -0.4 is 14.8 Å². The quantitative estimate of drug-likeness (QED) is 0.796. The third kappa shape index (κ3) is 3.43. The zero-order valence-corrected chi connectivity index (χ0v) is 16.0. The van der Waals surface area contributed by atoms with Crippen molar-refractivity contribution < 1.29 is 14.3 Å². The smallest absolute Gasteiger partial charge is 0.258 e. The topological polar surface area (TPSA) is 47.6 Å². The highest BCUT2D eigenvalue weighted by molar-refractivity contribution is 5.78. The van der Waals surface area contributed by atoms with Crippen LogP contribution in [0.5, 0.6) is 11.5 Å². The molecular weight excluding hydrogens is 326 g/mol. The van der Waals surface area contributed by atoms with Crippen LogP contribution >= 0.6 is 0 Å². The zero-order valence-electron chi connectivity index (χ0n) is 16.0. The summed E-state index contributed by atoms with van der Waals surface area (Å²) < 4.78 is 11.3. The van der Waals surface area contributed by atoms with E-state index >= 15 is 0 Å². The van der Waals surface area contributed by atoms with Crippen LogP contribution in [0.25, 0.3) is 0 Å². The van der Waals surface area contributed by atoms with Gasteiger partial charge in [-0.3, -0.25) is 4.79 Å². The van der Waals surface area contributed by atoms with Crippen LogP contribution in [0.3, 0.4) is 0 Å². The lowest BCUT2D eigenvalue weighted by atomic mass is 9.48. The highest BCUT2D eigenvalue weighted by Gasteiger charge is 2.53. The molecule has 1 atom stereocenters. The second-order valence-corrected chi connectivity index (χ2v) is 8.74. The van der Waals surface area contributed by atoms with Gasteiger partial charge in [-0.2, -0.15) is 0 Å². The highest BCUT2D eigenvalue weighted by Crippen LogP contribution is 2.61. The van der Waals surface area contributed by atoms with E-state index in [1.165, 1.54) is 38.5 Å². The third-order valence-corrected chi connectivity index (χ3v) is 6.89. The Bertz CT molecular complexity index is 621. The Kier molecular flexibility index (Phi) is 4.85. The van der Waals surface area contributed by atoms with E-state index in [2.05, 4.69) is 12.2 Å². The predicted octanol–water partition coefficient (Wildman–Crippen LogP) is 4.19. The minimum atomic E-state index is -0.0282. The van der Waals surface area contributed by atoms with Crippen molar-refractivity contribution in [2.24, 2.45) is 23.2 Å². The Morgan fingerprint density at radius 3 is 2.15 bits per heavy atom. The first-order valence-electron chi connectivity index (χ1n) is 10.2. The molecule has 26 heavy (non-hydrogen) atoms. The van der Waals surface area contributed by atoms with Crippen LogP contribution in [0.1, 0.15) is 52.4 Å². The summed E-state index contributed by atoms with van der Waals surface area (Å²) in [6, 6.07) is 7.75. The number of benzene rings is 1. The Hall–Kier alpha value is -1.71. The average Bonchev–Trinajstić information content (AvgIpc) is 2.60. The first kappa shape index (κ1) is 17.7. The lowest BCUT2D eigenvalue weighted by molar-refractivity contribution is -0.127. The van der Waals surface area contributed by atoms with Crippen LogP contribution in [0.15, 0.2) is 24.3 Å². The third-order valence-electron chi connectivity index (χ3n) is 6.89. The number of nitrogens with one attached hydrogen (secondary N) is 1. The summed E-state index contributed by atoms with van der Waals surface area (Å²) in [5, 5.41) is 3.25. The molecule has 1 N–H and O–H groups in total. The van der Waals surface area contributed by atoms with Crippen LogP contribution in [-0.4, -0.2) is 25.2 Å². The summed E-state index contributed by atoms with van der Waals surface area (Å²) in [4.78, 5) is 12.5. The largest absolute Gasteiger partial charge is 0.490 e. The number of amides is 1. The van der Waals surface area contributed by atoms with Gasteiger partial charge in [-0.1, -0.05) is 12.1 Å². The molecular formula is C22H31NO3. The molecule has 0 radical (unpaired) electrons. The van der Waals surface area contributed by atoms with Crippen molar-refractivity contribution in [1.29, 1.82) is 0 Å². The van der Waals surface area contributed by atoms with Gasteiger partial charge >= 0.3 is 0 Å². The van der Waals surface area contributed by atoms with E-state index in [-0.39, 0.29) is 18.6 Å². The molecule has 0 saturated heterocycles. The summed E-state index contributed by atoms with van der Waals surface area (Å²) in [6.07, 6.45) is 8.18. The number of ether oxygens (including phenoxy) is 2. The minimum Gasteiger partial charge on any atom is -0.490 e. The molecule has 4 nitrogen and oxygen atoms in total. The second kappa shape index (κ2) is 7.13. The molecule has 5 rings (SSSR count). The molecule has 1 unspecified atom stereocenters. The SMILES string of the molecule is CCOc1ccccc1OCC(=O)NC(C)C12CC3CC(CC(C3)C1)C2. The van der Waals surface area contributed by atoms with Gasteiger partial charge in [0.25, 0.3) is 5.91 Å². The van der Waals surface area contributed by atoms with Gasteiger partial charge in [0.1, 0.15) is 0 Å². The van der Waals surface area contributed by atoms with Crippen molar-refractivity contribution in [2.75, 3.05) is 13.2 Å². The summed E-state index contributed by atoms with van der Waals surface area (Å²) in [5.74, 6) is 3.99. The van der Waals surface area contributed by atoms with Crippen LogP contribution in [0.4, 0.5) is 0 Å². The average molecular weight is 357 g/mol. The van der Waals surface area contributed by atoms with Gasteiger partial charge < -0.3 is 14.8 Å². The maximum absolute atomic E-state index is 12.5. The normalized spacial score (nSPS) is 32.9. The van der Waals surface area contributed by atoms with Crippen molar-refractivity contribution in [2.45, 2.75) is 58.4 Å². The highest BCUT2D eigenvalue weighted by atomic mass is 16.5. The second-order valence-electron chi connectivity index (χ2n) is 8.74. The first-order valence-corrected chi connectivity index (χ1v) is 10.2. The van der Waals surface area contributed by atoms with E-state index < -0.39 is 0 Å². The Labute approximate surface area is 156 Å². The standard InChI is InChI=1S/C22H31NO3/c1-3-25-19-6-4-5-7-20(19)26-14-21(24)23-15(2)22-11-16-8-17(12-22)10-18(9-16)13-22/h4-7,15-18H,3,8-14H2,1-2H3,(H,23,24). The summed E-state index contributed by atoms with van der Waals surface area (Å²) in [5.41, 5.74) is 0.327. The van der Waals surface area contributed by atoms with Crippen molar-refractivity contribution in [3.63, 3.8) is 0 Å². The van der Waals surface area contributed by atoms with E-state index in [9.17, 15) is 4.79 Å². The monoisotopic (exact) mass is 357 g/mol. The Morgan fingerprint density at radius 2 is 1.62 bits per heavy atom. The number of para-hydroxylation sites is 2. The van der Waals surface area contributed by atoms with Gasteiger partial charge in [0, 0.05) is 6.04 Å². The van der Waals surface area contributed by atoms with Gasteiger partial charge in [0.05, 0.1) is 6.61 Å². The molecule has 0 heterocycles. The van der Waals surface area contributed by atoms with Gasteiger partial charge in [-0.25, -0.2) is 0 Å². The molecule has 4 bridgehead atoms. The molecule has 4 aliphatic carbocycles. The molecule has 4 saturated carbocycles. The fraction of sp³-hybridized carbons (Fsp3) is 0.682. The van der Waals surface area contributed by atoms with E-state index in [1.54, 1.807) is 0 Å². The molecule has 1 amide bonds. The summed E-state index contributed by atoms with van der Waals surface area (Å²) in [6.45, 7) is 4.77. The minimum absolute atomic E-state index is 0.0282. The molecule has 1 aromatic carbocycles. The molecule has 4 fully saturated rings. The maximum Gasteiger partial charge on any atom is 0.258 e. The summed E-state index contributed by atoms with van der Waals surface area (Å²) >= 11 is 0. The maximum atomic E-state index is 12.5.